The van der Waals surface area contributed by atoms with Crippen LogP contribution in [0.4, 0.5) is 5.69 Å². The van der Waals surface area contributed by atoms with E-state index in [1.54, 1.807) is 0 Å². The second-order valence-electron chi connectivity index (χ2n) is 7.42. The molecule has 2 nitrogen and oxygen atoms in total. The predicted octanol–water partition coefficient (Wildman–Crippen LogP) is 4.58. The van der Waals surface area contributed by atoms with E-state index in [0.29, 0.717) is 0 Å². The maximum Gasteiger partial charge on any atom is 0.0370 e. The third kappa shape index (κ3) is 2.91. The van der Waals surface area contributed by atoms with Gasteiger partial charge in [0.1, 0.15) is 0 Å². The standard InChI is InChI=1S/C24H24N2/c1-2-6-19(7-3-1)18-25-12-14-26(15-13-25)22-10-11-24-21(17-22)16-20-8-4-5-9-23(20)24/h1-11,17H,12-16,18H2. The second kappa shape index (κ2) is 6.62. The van der Waals surface area contributed by atoms with Gasteiger partial charge < -0.3 is 4.90 Å². The van der Waals surface area contributed by atoms with Crippen LogP contribution in [0, 0.1) is 0 Å². The molecule has 0 unspecified atom stereocenters. The molecule has 1 fully saturated rings. The highest BCUT2D eigenvalue weighted by molar-refractivity contribution is 5.78. The minimum absolute atomic E-state index is 1.06. The van der Waals surface area contributed by atoms with Crippen molar-refractivity contribution in [3.63, 3.8) is 0 Å². The smallest absolute Gasteiger partial charge is 0.0370 e. The van der Waals surface area contributed by atoms with E-state index in [-0.39, 0.29) is 0 Å². The van der Waals surface area contributed by atoms with Gasteiger partial charge in [-0.05, 0) is 46.4 Å². The van der Waals surface area contributed by atoms with Crippen molar-refractivity contribution in [3.05, 3.63) is 89.5 Å². The van der Waals surface area contributed by atoms with Crippen molar-refractivity contribution in [2.24, 2.45) is 0 Å². The summed E-state index contributed by atoms with van der Waals surface area (Å²) in [5, 5.41) is 0. The molecule has 0 spiro atoms. The Kier molecular flexibility index (Phi) is 3.99. The number of piperazine rings is 1. The number of rotatable bonds is 3. The molecule has 1 aliphatic carbocycles. The molecule has 0 bridgehead atoms. The quantitative estimate of drug-likeness (QED) is 0.539. The number of nitrogens with zero attached hydrogens (tertiary/aromatic N) is 2. The van der Waals surface area contributed by atoms with Crippen molar-refractivity contribution in [1.82, 2.24) is 4.90 Å². The number of fused-ring (bicyclic) bond motifs is 3. The Hall–Kier alpha value is -2.58. The maximum absolute atomic E-state index is 2.56. The molecule has 2 heteroatoms. The monoisotopic (exact) mass is 340 g/mol. The normalized spacial score (nSPS) is 16.4. The fourth-order valence-corrected chi connectivity index (χ4v) is 4.33. The van der Waals surface area contributed by atoms with E-state index >= 15 is 0 Å². The number of hydrogen-bond acceptors (Lipinski definition) is 2. The topological polar surface area (TPSA) is 6.48 Å². The minimum atomic E-state index is 1.06. The molecule has 0 atom stereocenters. The lowest BCUT2D eigenvalue weighted by Crippen LogP contribution is -2.46. The molecule has 3 aromatic rings. The average Bonchev–Trinajstić information content (AvgIpc) is 3.07. The molecule has 5 rings (SSSR count). The first-order chi connectivity index (χ1) is 12.9. The van der Waals surface area contributed by atoms with Crippen LogP contribution in [0.2, 0.25) is 0 Å². The average molecular weight is 340 g/mol. The first-order valence-electron chi connectivity index (χ1n) is 9.59. The molecule has 0 saturated carbocycles. The van der Waals surface area contributed by atoms with E-state index < -0.39 is 0 Å². The van der Waals surface area contributed by atoms with Gasteiger partial charge in [-0.1, -0.05) is 60.7 Å². The Morgan fingerprint density at radius 1 is 0.654 bits per heavy atom. The maximum atomic E-state index is 2.56. The molecular weight excluding hydrogens is 316 g/mol. The van der Waals surface area contributed by atoms with Crippen LogP contribution in [0.1, 0.15) is 16.7 Å². The minimum Gasteiger partial charge on any atom is -0.369 e. The van der Waals surface area contributed by atoms with E-state index in [4.69, 9.17) is 0 Å². The first-order valence-corrected chi connectivity index (χ1v) is 9.59. The third-order valence-corrected chi connectivity index (χ3v) is 5.76. The van der Waals surface area contributed by atoms with Crippen molar-refractivity contribution in [2.45, 2.75) is 13.0 Å². The number of hydrogen-bond donors (Lipinski definition) is 0. The summed E-state index contributed by atoms with van der Waals surface area (Å²) in [4.78, 5) is 5.11. The van der Waals surface area contributed by atoms with Crippen molar-refractivity contribution in [2.75, 3.05) is 31.1 Å². The van der Waals surface area contributed by atoms with Crippen LogP contribution in [0.25, 0.3) is 11.1 Å². The predicted molar refractivity (Wildman–Crippen MR) is 109 cm³/mol. The molecule has 130 valence electrons. The zero-order valence-electron chi connectivity index (χ0n) is 15.1. The summed E-state index contributed by atoms with van der Waals surface area (Å²) in [5.41, 5.74) is 8.59. The van der Waals surface area contributed by atoms with Crippen LogP contribution in [0.15, 0.2) is 72.8 Å². The van der Waals surface area contributed by atoms with Crippen LogP contribution in [-0.4, -0.2) is 31.1 Å². The van der Waals surface area contributed by atoms with Gasteiger partial charge in [0.05, 0.1) is 0 Å². The van der Waals surface area contributed by atoms with Crippen molar-refractivity contribution < 1.29 is 0 Å². The molecule has 2 aliphatic rings. The molecule has 0 radical (unpaired) electrons. The number of anilines is 1. The summed E-state index contributed by atoms with van der Waals surface area (Å²) in [6.45, 7) is 5.55. The van der Waals surface area contributed by atoms with Gasteiger partial charge in [-0.15, -0.1) is 0 Å². The Morgan fingerprint density at radius 2 is 1.38 bits per heavy atom. The molecule has 26 heavy (non-hydrogen) atoms. The van der Waals surface area contributed by atoms with E-state index in [1.165, 1.54) is 33.5 Å². The van der Waals surface area contributed by atoms with Crippen molar-refractivity contribution >= 4 is 5.69 Å². The van der Waals surface area contributed by atoms with E-state index in [9.17, 15) is 0 Å². The largest absolute Gasteiger partial charge is 0.369 e. The van der Waals surface area contributed by atoms with Crippen LogP contribution in [0.3, 0.4) is 0 Å². The van der Waals surface area contributed by atoms with Gasteiger partial charge >= 0.3 is 0 Å². The molecule has 0 N–H and O–H groups in total. The lowest BCUT2D eigenvalue weighted by atomic mass is 10.0. The lowest BCUT2D eigenvalue weighted by Gasteiger charge is -2.36. The van der Waals surface area contributed by atoms with Crippen molar-refractivity contribution in [3.8, 4) is 11.1 Å². The summed E-state index contributed by atoms with van der Waals surface area (Å²) in [6.07, 6.45) is 1.08. The van der Waals surface area contributed by atoms with Gasteiger partial charge in [-0.3, -0.25) is 4.90 Å². The fourth-order valence-electron chi connectivity index (χ4n) is 4.33. The van der Waals surface area contributed by atoms with Crippen molar-refractivity contribution in [1.29, 1.82) is 0 Å². The summed E-state index contributed by atoms with van der Waals surface area (Å²) in [7, 11) is 0. The van der Waals surface area contributed by atoms with Crippen LogP contribution >= 0.6 is 0 Å². The number of benzene rings is 3. The van der Waals surface area contributed by atoms with E-state index in [1.807, 2.05) is 0 Å². The summed E-state index contributed by atoms with van der Waals surface area (Å²) >= 11 is 0. The molecule has 3 aromatic carbocycles. The molecule has 1 aliphatic heterocycles. The van der Waals surface area contributed by atoms with Gasteiger partial charge in [0.25, 0.3) is 0 Å². The lowest BCUT2D eigenvalue weighted by molar-refractivity contribution is 0.250. The highest BCUT2D eigenvalue weighted by atomic mass is 15.3. The summed E-state index contributed by atoms with van der Waals surface area (Å²) in [5.74, 6) is 0. The fraction of sp³-hybridized carbons (Fsp3) is 0.250. The zero-order valence-corrected chi connectivity index (χ0v) is 15.1. The Labute approximate surface area is 155 Å². The Morgan fingerprint density at radius 3 is 2.23 bits per heavy atom. The Bertz CT molecular complexity index is 909. The van der Waals surface area contributed by atoms with Crippen LogP contribution < -0.4 is 4.90 Å². The van der Waals surface area contributed by atoms with Crippen LogP contribution in [0.5, 0.6) is 0 Å². The third-order valence-electron chi connectivity index (χ3n) is 5.76. The van der Waals surface area contributed by atoms with E-state index in [0.717, 1.165) is 39.1 Å². The molecule has 1 saturated heterocycles. The summed E-state index contributed by atoms with van der Waals surface area (Å²) < 4.78 is 0. The van der Waals surface area contributed by atoms with Gasteiger partial charge in [0, 0.05) is 38.4 Å². The zero-order chi connectivity index (χ0) is 17.3. The van der Waals surface area contributed by atoms with Gasteiger partial charge in [0.15, 0.2) is 0 Å². The van der Waals surface area contributed by atoms with Gasteiger partial charge in [-0.25, -0.2) is 0 Å². The SMILES string of the molecule is c1ccc(CN2CCN(c3ccc4c(c3)Cc3ccccc3-4)CC2)cc1. The van der Waals surface area contributed by atoms with Gasteiger partial charge in [0.2, 0.25) is 0 Å². The molecule has 0 aromatic heterocycles. The van der Waals surface area contributed by atoms with Gasteiger partial charge in [-0.2, -0.15) is 0 Å². The van der Waals surface area contributed by atoms with E-state index in [2.05, 4.69) is 82.6 Å². The first kappa shape index (κ1) is 15.7. The highest BCUT2D eigenvalue weighted by Crippen LogP contribution is 2.38. The second-order valence-corrected chi connectivity index (χ2v) is 7.42. The Balaban J connectivity index is 1.27. The highest BCUT2D eigenvalue weighted by Gasteiger charge is 2.21. The molecule has 1 heterocycles. The summed E-state index contributed by atoms with van der Waals surface area (Å²) in [6, 6.07) is 26.7. The molecule has 0 amide bonds. The molecular formula is C24H24N2. The van der Waals surface area contributed by atoms with Crippen LogP contribution in [-0.2, 0) is 13.0 Å².